The van der Waals surface area contributed by atoms with Crippen molar-refractivity contribution in [3.05, 3.63) is 59.5 Å². The average molecular weight is 287 g/mol. The molecule has 0 radical (unpaired) electrons. The summed E-state index contributed by atoms with van der Waals surface area (Å²) in [6.07, 6.45) is 1.62. The number of carboxylic acid groups (broad SMARTS) is 1. The van der Waals surface area contributed by atoms with E-state index < -0.39 is 17.4 Å². The van der Waals surface area contributed by atoms with Crippen LogP contribution in [0.4, 0.5) is 0 Å². The lowest BCUT2D eigenvalue weighted by atomic mass is 9.87. The maximum Gasteiger partial charge on any atom is 0.334 e. The molecule has 1 amide bonds. The van der Waals surface area contributed by atoms with E-state index in [1.807, 2.05) is 0 Å². The van der Waals surface area contributed by atoms with Gasteiger partial charge in [-0.2, -0.15) is 0 Å². The molecule has 1 aromatic carbocycles. The number of hydrogen-bond acceptors (Lipinski definition) is 3. The molecule has 0 spiro atoms. The lowest BCUT2D eigenvalue weighted by Gasteiger charge is -2.29. The molecule has 2 N–H and O–H groups in total. The number of aryl methyl sites for hydroxylation is 1. The first-order chi connectivity index (χ1) is 10.0. The molecular weight excluding hydrogens is 270 g/mol. The largest absolute Gasteiger partial charge is 0.479 e. The third kappa shape index (κ3) is 2.67. The van der Waals surface area contributed by atoms with Crippen molar-refractivity contribution in [1.29, 1.82) is 0 Å². The number of carbonyl (C=O) groups excluding carboxylic acids is 1. The number of hydrogen-bond donors (Lipinski definition) is 2. The molecule has 0 aliphatic carbocycles. The fourth-order valence-electron chi connectivity index (χ4n) is 2.27. The van der Waals surface area contributed by atoms with E-state index in [9.17, 15) is 14.7 Å². The number of nitrogens with one attached hydrogen (secondary N) is 1. The summed E-state index contributed by atoms with van der Waals surface area (Å²) in [4.78, 5) is 24.1. The van der Waals surface area contributed by atoms with Gasteiger partial charge in [0, 0.05) is 5.56 Å². The van der Waals surface area contributed by atoms with E-state index in [1.165, 1.54) is 6.26 Å². The number of rotatable bonds is 5. The van der Waals surface area contributed by atoms with E-state index in [4.69, 9.17) is 4.42 Å². The van der Waals surface area contributed by atoms with E-state index in [-0.39, 0.29) is 12.2 Å². The number of furan rings is 1. The van der Waals surface area contributed by atoms with Gasteiger partial charge in [-0.05, 0) is 25.0 Å². The van der Waals surface area contributed by atoms with Crippen molar-refractivity contribution < 1.29 is 19.1 Å². The minimum atomic E-state index is -1.47. The summed E-state index contributed by atoms with van der Waals surface area (Å²) in [6.45, 7) is 3.45. The van der Waals surface area contributed by atoms with Crippen LogP contribution in [-0.2, 0) is 10.3 Å². The highest BCUT2D eigenvalue weighted by Gasteiger charge is 2.41. The molecule has 0 aliphatic heterocycles. The number of carboxylic acids is 1. The van der Waals surface area contributed by atoms with Gasteiger partial charge in [-0.25, -0.2) is 4.79 Å². The van der Waals surface area contributed by atoms with Crippen LogP contribution >= 0.6 is 0 Å². The highest BCUT2D eigenvalue weighted by molar-refractivity contribution is 5.97. The Balaban J connectivity index is 2.41. The first-order valence-electron chi connectivity index (χ1n) is 6.67. The predicted molar refractivity (Wildman–Crippen MR) is 77.0 cm³/mol. The van der Waals surface area contributed by atoms with Crippen molar-refractivity contribution in [2.45, 2.75) is 25.8 Å². The van der Waals surface area contributed by atoms with Gasteiger partial charge in [0.15, 0.2) is 11.3 Å². The summed E-state index contributed by atoms with van der Waals surface area (Å²) in [5.41, 5.74) is -0.286. The van der Waals surface area contributed by atoms with Crippen molar-refractivity contribution in [3.63, 3.8) is 0 Å². The van der Waals surface area contributed by atoms with E-state index >= 15 is 0 Å². The molecule has 0 unspecified atom stereocenters. The number of carbonyl (C=O) groups is 2. The van der Waals surface area contributed by atoms with Crippen molar-refractivity contribution in [2.24, 2.45) is 0 Å². The molecule has 0 fully saturated rings. The second-order valence-electron chi connectivity index (χ2n) is 4.82. The van der Waals surface area contributed by atoms with Crippen LogP contribution < -0.4 is 5.32 Å². The van der Waals surface area contributed by atoms with Crippen LogP contribution in [0.5, 0.6) is 0 Å². The predicted octanol–water partition coefficient (Wildman–Crippen LogP) is 2.71. The van der Waals surface area contributed by atoms with E-state index in [0.29, 0.717) is 11.1 Å². The molecule has 1 aromatic heterocycles. The van der Waals surface area contributed by atoms with Gasteiger partial charge in [-0.1, -0.05) is 37.3 Å². The van der Waals surface area contributed by atoms with E-state index in [2.05, 4.69) is 5.32 Å². The van der Waals surface area contributed by atoms with Crippen molar-refractivity contribution in [2.75, 3.05) is 0 Å². The zero-order valence-corrected chi connectivity index (χ0v) is 11.9. The number of aliphatic carboxylic acids is 1. The molecular formula is C16H17NO4. The highest BCUT2D eigenvalue weighted by atomic mass is 16.4. The standard InChI is InChI=1S/C16H17NO4/c1-3-16(15(19)20,12-7-5-4-6-8-12)17-14(18)13-11(2)9-10-21-13/h4-10H,3H2,1-2H3,(H,17,18)(H,19,20)/t16-/m1/s1. The Morgan fingerprint density at radius 2 is 1.90 bits per heavy atom. The van der Waals surface area contributed by atoms with Crippen LogP contribution in [0.15, 0.2) is 47.1 Å². The van der Waals surface area contributed by atoms with E-state index in [0.717, 1.165) is 0 Å². The SMILES string of the molecule is CC[C@](NC(=O)c1occc1C)(C(=O)O)c1ccccc1. The maximum atomic E-state index is 12.3. The Morgan fingerprint density at radius 3 is 2.38 bits per heavy atom. The van der Waals surface area contributed by atoms with Gasteiger partial charge in [-0.3, -0.25) is 4.79 Å². The van der Waals surface area contributed by atoms with Gasteiger partial charge in [0.25, 0.3) is 5.91 Å². The molecule has 21 heavy (non-hydrogen) atoms. The van der Waals surface area contributed by atoms with Crippen LogP contribution in [0.1, 0.15) is 35.0 Å². The highest BCUT2D eigenvalue weighted by Crippen LogP contribution is 2.26. The summed E-state index contributed by atoms with van der Waals surface area (Å²) in [5.74, 6) is -1.51. The summed E-state index contributed by atoms with van der Waals surface area (Å²) >= 11 is 0. The third-order valence-corrected chi connectivity index (χ3v) is 3.56. The lowest BCUT2D eigenvalue weighted by molar-refractivity contribution is -0.145. The van der Waals surface area contributed by atoms with Crippen LogP contribution in [0.2, 0.25) is 0 Å². The number of benzene rings is 1. The zero-order chi connectivity index (χ0) is 15.5. The first kappa shape index (κ1) is 14.8. The minimum absolute atomic E-state index is 0.130. The van der Waals surface area contributed by atoms with Gasteiger partial charge < -0.3 is 14.8 Å². The summed E-state index contributed by atoms with van der Waals surface area (Å²) in [5, 5.41) is 12.3. The molecule has 2 rings (SSSR count). The van der Waals surface area contributed by atoms with Gasteiger partial charge in [0.05, 0.1) is 6.26 Å². The summed E-state index contributed by atoms with van der Waals surface area (Å²) in [7, 11) is 0. The maximum absolute atomic E-state index is 12.3. The Labute approximate surface area is 122 Å². The van der Waals surface area contributed by atoms with Crippen molar-refractivity contribution in [1.82, 2.24) is 5.32 Å². The summed E-state index contributed by atoms with van der Waals surface area (Å²) < 4.78 is 5.13. The average Bonchev–Trinajstić information content (AvgIpc) is 2.91. The van der Waals surface area contributed by atoms with Crippen LogP contribution in [0.25, 0.3) is 0 Å². The molecule has 0 bridgehead atoms. The van der Waals surface area contributed by atoms with Gasteiger partial charge in [0.1, 0.15) is 0 Å². The summed E-state index contributed by atoms with van der Waals surface area (Å²) in [6, 6.07) is 10.3. The zero-order valence-electron chi connectivity index (χ0n) is 11.9. The first-order valence-corrected chi connectivity index (χ1v) is 6.67. The van der Waals surface area contributed by atoms with Gasteiger partial charge in [0.2, 0.25) is 0 Å². The molecule has 0 aliphatic rings. The minimum Gasteiger partial charge on any atom is -0.479 e. The second kappa shape index (κ2) is 5.83. The lowest BCUT2D eigenvalue weighted by Crippen LogP contribution is -2.51. The fraction of sp³-hybridized carbons (Fsp3) is 0.250. The Bertz CT molecular complexity index is 647. The molecule has 110 valence electrons. The van der Waals surface area contributed by atoms with Crippen LogP contribution in [0, 0.1) is 6.92 Å². The van der Waals surface area contributed by atoms with Crippen LogP contribution in [-0.4, -0.2) is 17.0 Å². The fourth-order valence-corrected chi connectivity index (χ4v) is 2.27. The monoisotopic (exact) mass is 287 g/mol. The van der Waals surface area contributed by atoms with E-state index in [1.54, 1.807) is 50.2 Å². The molecule has 0 saturated carbocycles. The van der Waals surface area contributed by atoms with Crippen molar-refractivity contribution >= 4 is 11.9 Å². The molecule has 5 nitrogen and oxygen atoms in total. The van der Waals surface area contributed by atoms with Gasteiger partial charge in [-0.15, -0.1) is 0 Å². The van der Waals surface area contributed by atoms with Crippen LogP contribution in [0.3, 0.4) is 0 Å². The quantitative estimate of drug-likeness (QED) is 0.886. The van der Waals surface area contributed by atoms with Crippen molar-refractivity contribution in [3.8, 4) is 0 Å². The normalized spacial score (nSPS) is 13.4. The molecule has 0 saturated heterocycles. The molecule has 2 aromatic rings. The smallest absolute Gasteiger partial charge is 0.334 e. The Morgan fingerprint density at radius 1 is 1.24 bits per heavy atom. The molecule has 5 heteroatoms. The molecule has 1 heterocycles. The second-order valence-corrected chi connectivity index (χ2v) is 4.82. The topological polar surface area (TPSA) is 79.5 Å². The number of amides is 1. The third-order valence-electron chi connectivity index (χ3n) is 3.56. The Kier molecular flexibility index (Phi) is 4.12. The van der Waals surface area contributed by atoms with Gasteiger partial charge >= 0.3 is 5.97 Å². The Hall–Kier alpha value is -2.56. The molecule has 1 atom stereocenters.